The Hall–Kier alpha value is -3.12. The molecule has 0 saturated carbocycles. The van der Waals surface area contributed by atoms with E-state index in [4.69, 9.17) is 11.6 Å². The number of aromatic nitrogens is 3. The average Bonchev–Trinajstić information content (AvgIpc) is 2.61. The van der Waals surface area contributed by atoms with Crippen LogP contribution in [0, 0.1) is 0 Å². The molecule has 0 aliphatic carbocycles. The molecule has 0 amide bonds. The fourth-order valence-electron chi connectivity index (χ4n) is 2.19. The first-order valence-electron chi connectivity index (χ1n) is 7.55. The first kappa shape index (κ1) is 16.7. The zero-order valence-corrected chi connectivity index (χ0v) is 14.1. The highest BCUT2D eigenvalue weighted by molar-refractivity contribution is 6.30. The third-order valence-corrected chi connectivity index (χ3v) is 3.56. The van der Waals surface area contributed by atoms with Crippen LogP contribution in [0.5, 0.6) is 0 Å². The van der Waals surface area contributed by atoms with Gasteiger partial charge in [0.2, 0.25) is 5.95 Å². The molecule has 0 aliphatic rings. The third-order valence-electron chi connectivity index (χ3n) is 3.33. The molecule has 0 unspecified atom stereocenters. The van der Waals surface area contributed by atoms with Crippen molar-refractivity contribution < 1.29 is 5.21 Å². The second-order valence-electron chi connectivity index (χ2n) is 5.15. The molecule has 0 fully saturated rings. The summed E-state index contributed by atoms with van der Waals surface area (Å²) in [5.74, 6) is 0.449. The molecule has 2 heterocycles. The van der Waals surface area contributed by atoms with Gasteiger partial charge in [0.1, 0.15) is 0 Å². The van der Waals surface area contributed by atoms with Crippen LogP contribution in [0.3, 0.4) is 0 Å². The van der Waals surface area contributed by atoms with Crippen LogP contribution in [-0.4, -0.2) is 26.5 Å². The van der Waals surface area contributed by atoms with Gasteiger partial charge in [0.25, 0.3) is 0 Å². The average molecular weight is 354 g/mol. The van der Waals surface area contributed by atoms with Crippen LogP contribution in [0.4, 0.5) is 11.6 Å². The van der Waals surface area contributed by atoms with Crippen LogP contribution in [0.25, 0.3) is 11.3 Å². The van der Waals surface area contributed by atoms with Crippen molar-refractivity contribution in [3.63, 3.8) is 0 Å². The predicted molar refractivity (Wildman–Crippen MR) is 98.0 cm³/mol. The fraction of sp³-hybridized carbons (Fsp3) is 0.0556. The summed E-state index contributed by atoms with van der Waals surface area (Å²) in [5.41, 5.74) is 2.73. The molecule has 6 nitrogen and oxygen atoms in total. The van der Waals surface area contributed by atoms with Crippen LogP contribution < -0.4 is 10.8 Å². The number of benzene rings is 1. The van der Waals surface area contributed by atoms with Gasteiger partial charge >= 0.3 is 0 Å². The highest BCUT2D eigenvalue weighted by Crippen LogP contribution is 2.20. The smallest absolute Gasteiger partial charge is 0.227 e. The maximum absolute atomic E-state index is 9.81. The van der Waals surface area contributed by atoms with E-state index in [0.29, 0.717) is 28.7 Å². The molecule has 0 atom stereocenters. The van der Waals surface area contributed by atoms with Gasteiger partial charge in [-0.05, 0) is 36.4 Å². The van der Waals surface area contributed by atoms with Crippen molar-refractivity contribution in [1.82, 2.24) is 14.7 Å². The first-order valence-corrected chi connectivity index (χ1v) is 7.93. The number of halogens is 1. The Morgan fingerprint density at radius 3 is 2.96 bits per heavy atom. The number of anilines is 2. The van der Waals surface area contributed by atoms with Crippen molar-refractivity contribution in [3.8, 4) is 11.3 Å². The highest BCUT2D eigenvalue weighted by Gasteiger charge is 2.04. The molecular weight excluding hydrogens is 338 g/mol. The lowest BCUT2D eigenvalue weighted by molar-refractivity contribution is 0.172. The standard InChI is InChI=1S/C18H16ClN5O/c1-2-8-20-17-11-13(7-10-24(17)25)16-6-9-21-18(23-16)22-15-5-3-4-14(19)12-15/h2-7,9-12,25H,1,8H2,(H,21,22,23). The van der Waals surface area contributed by atoms with Crippen molar-refractivity contribution in [2.45, 2.75) is 0 Å². The zero-order valence-electron chi connectivity index (χ0n) is 13.3. The minimum Gasteiger partial charge on any atom is -0.427 e. The number of hydrogen-bond donors (Lipinski definition) is 2. The molecule has 7 heteroatoms. The van der Waals surface area contributed by atoms with Gasteiger partial charge in [-0.15, -0.1) is 6.58 Å². The van der Waals surface area contributed by atoms with Crippen molar-refractivity contribution in [3.05, 3.63) is 78.0 Å². The molecule has 0 radical (unpaired) electrons. The summed E-state index contributed by atoms with van der Waals surface area (Å²) in [5, 5.41) is 13.6. The van der Waals surface area contributed by atoms with Crippen LogP contribution in [0.2, 0.25) is 5.02 Å². The second-order valence-corrected chi connectivity index (χ2v) is 5.58. The Bertz CT molecular complexity index is 967. The number of nitrogens with one attached hydrogen (secondary N) is 1. The summed E-state index contributed by atoms with van der Waals surface area (Å²) in [7, 11) is 0. The van der Waals surface area contributed by atoms with Gasteiger partial charge in [0.05, 0.1) is 12.2 Å². The number of rotatable bonds is 5. The zero-order chi connectivity index (χ0) is 17.6. The second kappa shape index (κ2) is 7.63. The molecular formula is C18H16ClN5O. The van der Waals surface area contributed by atoms with E-state index in [2.05, 4.69) is 26.9 Å². The van der Waals surface area contributed by atoms with Gasteiger partial charge in [-0.3, -0.25) is 4.99 Å². The minimum absolute atomic E-state index is 0.412. The predicted octanol–water partition coefficient (Wildman–Crippen LogP) is 3.67. The van der Waals surface area contributed by atoms with Crippen LogP contribution in [-0.2, 0) is 0 Å². The Balaban J connectivity index is 1.92. The third kappa shape index (κ3) is 4.24. The maximum Gasteiger partial charge on any atom is 0.227 e. The van der Waals surface area contributed by atoms with Crippen molar-refractivity contribution in [2.75, 3.05) is 11.9 Å². The van der Waals surface area contributed by atoms with E-state index in [1.54, 1.807) is 42.6 Å². The SMILES string of the molecule is C=CCN=c1cc(-c2ccnc(Nc3cccc(Cl)c3)n2)ccn1O. The summed E-state index contributed by atoms with van der Waals surface area (Å²) in [6.07, 6.45) is 4.84. The number of nitrogens with zero attached hydrogens (tertiary/aromatic N) is 4. The van der Waals surface area contributed by atoms with E-state index < -0.39 is 0 Å². The Morgan fingerprint density at radius 2 is 2.16 bits per heavy atom. The molecule has 2 N–H and O–H groups in total. The van der Waals surface area contributed by atoms with Gasteiger partial charge in [0, 0.05) is 28.7 Å². The topological polar surface area (TPSA) is 75.3 Å². The van der Waals surface area contributed by atoms with Gasteiger partial charge in [-0.2, -0.15) is 4.73 Å². The fourth-order valence-corrected chi connectivity index (χ4v) is 2.38. The summed E-state index contributed by atoms with van der Waals surface area (Å²) in [6.45, 7) is 4.03. The van der Waals surface area contributed by atoms with E-state index in [1.807, 2.05) is 12.1 Å². The van der Waals surface area contributed by atoms with Crippen LogP contribution in [0.15, 0.2) is 72.5 Å². The molecule has 126 valence electrons. The number of pyridine rings is 1. The van der Waals surface area contributed by atoms with Crippen molar-refractivity contribution in [1.29, 1.82) is 0 Å². The first-order chi connectivity index (χ1) is 12.2. The van der Waals surface area contributed by atoms with Crippen molar-refractivity contribution in [2.24, 2.45) is 4.99 Å². The minimum atomic E-state index is 0.412. The van der Waals surface area contributed by atoms with E-state index in [9.17, 15) is 5.21 Å². The van der Waals surface area contributed by atoms with Crippen LogP contribution >= 0.6 is 11.6 Å². The van der Waals surface area contributed by atoms with Gasteiger partial charge < -0.3 is 10.5 Å². The molecule has 0 saturated heterocycles. The summed E-state index contributed by atoms with van der Waals surface area (Å²) >= 11 is 5.99. The summed E-state index contributed by atoms with van der Waals surface area (Å²) in [6, 6.07) is 12.6. The largest absolute Gasteiger partial charge is 0.427 e. The van der Waals surface area contributed by atoms with E-state index in [1.165, 1.54) is 6.20 Å². The monoisotopic (exact) mass is 353 g/mol. The lowest BCUT2D eigenvalue weighted by atomic mass is 10.2. The van der Waals surface area contributed by atoms with Gasteiger partial charge in [0.15, 0.2) is 5.49 Å². The Kier molecular flexibility index (Phi) is 5.11. The van der Waals surface area contributed by atoms with Crippen molar-refractivity contribution >= 4 is 23.2 Å². The van der Waals surface area contributed by atoms with Gasteiger partial charge in [-0.25, -0.2) is 9.97 Å². The normalized spacial score (nSPS) is 11.3. The molecule has 2 aromatic heterocycles. The number of hydrogen-bond acceptors (Lipinski definition) is 5. The molecule has 3 aromatic rings. The molecule has 0 aliphatic heterocycles. The lowest BCUT2D eigenvalue weighted by Crippen LogP contribution is -2.18. The van der Waals surface area contributed by atoms with Gasteiger partial charge in [-0.1, -0.05) is 23.7 Å². The Labute approximate surface area is 149 Å². The molecule has 25 heavy (non-hydrogen) atoms. The van der Waals surface area contributed by atoms with E-state index >= 15 is 0 Å². The lowest BCUT2D eigenvalue weighted by Gasteiger charge is -2.07. The summed E-state index contributed by atoms with van der Waals surface area (Å²) in [4.78, 5) is 13.0. The molecule has 0 spiro atoms. The van der Waals surface area contributed by atoms with E-state index in [-0.39, 0.29) is 0 Å². The van der Waals surface area contributed by atoms with E-state index in [0.717, 1.165) is 16.0 Å². The Morgan fingerprint density at radius 1 is 1.28 bits per heavy atom. The van der Waals surface area contributed by atoms with Crippen LogP contribution in [0.1, 0.15) is 0 Å². The summed E-state index contributed by atoms with van der Waals surface area (Å²) < 4.78 is 0.958. The maximum atomic E-state index is 9.81. The highest BCUT2D eigenvalue weighted by atomic mass is 35.5. The molecule has 0 bridgehead atoms. The molecule has 1 aromatic carbocycles. The quantitative estimate of drug-likeness (QED) is 0.542. The molecule has 3 rings (SSSR count).